The molecule has 3 heteroatoms. The smallest absolute Gasteiger partial charge is 0.0150 e. The Labute approximate surface area is 93.9 Å². The molecule has 0 aliphatic rings. The van der Waals surface area contributed by atoms with Crippen molar-refractivity contribution in [1.29, 1.82) is 0 Å². The molecule has 0 fully saturated rings. The number of rotatable bonds is 2. The zero-order chi connectivity index (χ0) is 9.10. The van der Waals surface area contributed by atoms with Crippen LogP contribution in [0.3, 0.4) is 0 Å². The summed E-state index contributed by atoms with van der Waals surface area (Å²) in [6.07, 6.45) is 0. The first-order valence-electron chi connectivity index (χ1n) is 4.52. The van der Waals surface area contributed by atoms with Crippen LogP contribution >= 0.6 is 11.8 Å². The average Bonchev–Trinajstić information content (AvgIpc) is 2.19. The summed E-state index contributed by atoms with van der Waals surface area (Å²) in [6.45, 7) is 2.19. The summed E-state index contributed by atoms with van der Waals surface area (Å²) in [5, 5.41) is 2.71. The zero-order valence-corrected chi connectivity index (χ0v) is 9.47. The fourth-order valence-electron chi connectivity index (χ4n) is 1.48. The van der Waals surface area contributed by atoms with Crippen LogP contribution in [0.4, 0.5) is 0 Å². The molecule has 4 N–H and O–H groups in total. The molecule has 2 aromatic carbocycles. The van der Waals surface area contributed by atoms with Gasteiger partial charge in [0.1, 0.15) is 0 Å². The Morgan fingerprint density at radius 3 is 2.33 bits per heavy atom. The summed E-state index contributed by atoms with van der Waals surface area (Å²) in [6, 6.07) is 15.0. The van der Waals surface area contributed by atoms with Gasteiger partial charge in [-0.05, 0) is 22.6 Å². The van der Waals surface area contributed by atoms with E-state index in [2.05, 4.69) is 49.4 Å². The van der Waals surface area contributed by atoms with Gasteiger partial charge in [0.25, 0.3) is 0 Å². The Morgan fingerprint density at radius 2 is 1.60 bits per heavy atom. The van der Waals surface area contributed by atoms with E-state index in [1.807, 2.05) is 11.8 Å². The molecule has 0 heterocycles. The van der Waals surface area contributed by atoms with E-state index in [1.165, 1.54) is 15.7 Å². The van der Waals surface area contributed by atoms with Gasteiger partial charge < -0.3 is 11.0 Å². The molecule has 2 rings (SSSR count). The minimum Gasteiger partial charge on any atom is -0.412 e. The maximum absolute atomic E-state index is 2.19. The van der Waals surface area contributed by atoms with Gasteiger partial charge in [-0.2, -0.15) is 0 Å². The van der Waals surface area contributed by atoms with Crippen molar-refractivity contribution in [2.75, 3.05) is 5.75 Å². The van der Waals surface area contributed by atoms with Crippen LogP contribution in [0.5, 0.6) is 0 Å². The lowest BCUT2D eigenvalue weighted by molar-refractivity contribution is 0.823. The second kappa shape index (κ2) is 6.45. The van der Waals surface area contributed by atoms with Crippen molar-refractivity contribution in [3.8, 4) is 0 Å². The van der Waals surface area contributed by atoms with Crippen LogP contribution in [-0.4, -0.2) is 16.7 Å². The number of hydrogen-bond acceptors (Lipinski definition) is 1. The van der Waals surface area contributed by atoms with Crippen LogP contribution in [0.25, 0.3) is 10.8 Å². The highest BCUT2D eigenvalue weighted by molar-refractivity contribution is 7.99. The van der Waals surface area contributed by atoms with Crippen molar-refractivity contribution in [3.63, 3.8) is 0 Å². The summed E-state index contributed by atoms with van der Waals surface area (Å²) in [5.41, 5.74) is 0. The molecule has 82 valence electrons. The average molecular weight is 224 g/mol. The second-order valence-corrected chi connectivity index (χ2v) is 4.22. The van der Waals surface area contributed by atoms with Gasteiger partial charge in [0.2, 0.25) is 0 Å². The van der Waals surface area contributed by atoms with Crippen LogP contribution in [0.1, 0.15) is 6.92 Å². The number of thioether (sulfide) groups is 1. The molecule has 0 amide bonds. The van der Waals surface area contributed by atoms with Crippen LogP contribution < -0.4 is 0 Å². The normalized spacial score (nSPS) is 9.13. The molecule has 2 nitrogen and oxygen atoms in total. The molecule has 0 saturated carbocycles. The topological polar surface area (TPSA) is 63.0 Å². The fraction of sp³-hybridized carbons (Fsp3) is 0.167. The summed E-state index contributed by atoms with van der Waals surface area (Å²) >= 11 is 1.90. The summed E-state index contributed by atoms with van der Waals surface area (Å²) in [7, 11) is 0. The Hall–Kier alpha value is -1.03. The molecule has 0 saturated heterocycles. The molecular weight excluding hydrogens is 208 g/mol. The second-order valence-electron chi connectivity index (χ2n) is 2.91. The standard InChI is InChI=1S/C12H12S.2H2O/c1-2-13-12-9-5-7-10-6-3-4-8-11(10)12;;/h3-9H,2H2,1H3;2*1H2. The first-order chi connectivity index (χ1) is 6.42. The summed E-state index contributed by atoms with van der Waals surface area (Å²) < 4.78 is 0. The van der Waals surface area contributed by atoms with Crippen molar-refractivity contribution < 1.29 is 11.0 Å². The van der Waals surface area contributed by atoms with Crippen molar-refractivity contribution in [1.82, 2.24) is 0 Å². The third-order valence-corrected chi connectivity index (χ3v) is 3.01. The van der Waals surface area contributed by atoms with E-state index in [4.69, 9.17) is 0 Å². The van der Waals surface area contributed by atoms with Crippen molar-refractivity contribution in [3.05, 3.63) is 42.5 Å². The first kappa shape index (κ1) is 14.0. The highest BCUT2D eigenvalue weighted by atomic mass is 32.2. The van der Waals surface area contributed by atoms with Crippen molar-refractivity contribution in [2.24, 2.45) is 0 Å². The van der Waals surface area contributed by atoms with Gasteiger partial charge in [0.15, 0.2) is 0 Å². The quantitative estimate of drug-likeness (QED) is 0.722. The van der Waals surface area contributed by atoms with Crippen molar-refractivity contribution in [2.45, 2.75) is 11.8 Å². The highest BCUT2D eigenvalue weighted by Crippen LogP contribution is 2.27. The maximum Gasteiger partial charge on any atom is 0.0150 e. The maximum atomic E-state index is 2.19. The molecule has 2 aromatic rings. The predicted molar refractivity (Wildman–Crippen MR) is 67.6 cm³/mol. The molecule has 0 spiro atoms. The molecule has 0 atom stereocenters. The van der Waals surface area contributed by atoms with Gasteiger partial charge in [0.05, 0.1) is 0 Å². The lowest BCUT2D eigenvalue weighted by atomic mass is 10.1. The lowest BCUT2D eigenvalue weighted by Crippen LogP contribution is -1.77. The Bertz CT molecular complexity index is 410. The van der Waals surface area contributed by atoms with Crippen LogP contribution in [0.2, 0.25) is 0 Å². The molecule has 0 radical (unpaired) electrons. The summed E-state index contributed by atoms with van der Waals surface area (Å²) in [4.78, 5) is 1.39. The monoisotopic (exact) mass is 224 g/mol. The predicted octanol–water partition coefficient (Wildman–Crippen LogP) is 2.30. The van der Waals surface area contributed by atoms with Gasteiger partial charge in [-0.3, -0.25) is 0 Å². The van der Waals surface area contributed by atoms with Crippen LogP contribution in [0, 0.1) is 0 Å². The SMILES string of the molecule is CCSc1cccc2ccccc12.O.O. The van der Waals surface area contributed by atoms with E-state index in [0.717, 1.165) is 5.75 Å². The van der Waals surface area contributed by atoms with Gasteiger partial charge in [-0.25, -0.2) is 0 Å². The third-order valence-electron chi connectivity index (χ3n) is 2.05. The largest absolute Gasteiger partial charge is 0.412 e. The molecular formula is C12H16O2S. The number of fused-ring (bicyclic) bond motifs is 1. The Balaban J connectivity index is 0.000000980. The minimum absolute atomic E-state index is 0. The van der Waals surface area contributed by atoms with Crippen LogP contribution in [-0.2, 0) is 0 Å². The molecule has 0 aliphatic carbocycles. The molecule has 15 heavy (non-hydrogen) atoms. The Morgan fingerprint density at radius 1 is 0.933 bits per heavy atom. The van der Waals surface area contributed by atoms with E-state index < -0.39 is 0 Å². The van der Waals surface area contributed by atoms with E-state index >= 15 is 0 Å². The molecule has 0 aliphatic heterocycles. The Kier molecular flexibility index (Phi) is 6.01. The zero-order valence-electron chi connectivity index (χ0n) is 8.66. The highest BCUT2D eigenvalue weighted by Gasteiger charge is 1.97. The lowest BCUT2D eigenvalue weighted by Gasteiger charge is -2.03. The van der Waals surface area contributed by atoms with E-state index in [-0.39, 0.29) is 11.0 Å². The minimum atomic E-state index is 0. The van der Waals surface area contributed by atoms with Gasteiger partial charge >= 0.3 is 0 Å². The van der Waals surface area contributed by atoms with E-state index in [1.54, 1.807) is 0 Å². The van der Waals surface area contributed by atoms with E-state index in [0.29, 0.717) is 0 Å². The molecule has 0 unspecified atom stereocenters. The first-order valence-corrected chi connectivity index (χ1v) is 5.51. The molecule has 0 aromatic heterocycles. The van der Waals surface area contributed by atoms with Gasteiger partial charge in [0, 0.05) is 4.90 Å². The fourth-order valence-corrected chi connectivity index (χ4v) is 2.30. The number of hydrogen-bond donors (Lipinski definition) is 0. The summed E-state index contributed by atoms with van der Waals surface area (Å²) in [5.74, 6) is 1.13. The van der Waals surface area contributed by atoms with E-state index in [9.17, 15) is 0 Å². The van der Waals surface area contributed by atoms with Crippen molar-refractivity contribution >= 4 is 22.5 Å². The molecule has 0 bridgehead atoms. The van der Waals surface area contributed by atoms with Gasteiger partial charge in [-0.15, -0.1) is 11.8 Å². The van der Waals surface area contributed by atoms with Gasteiger partial charge in [-0.1, -0.05) is 43.3 Å². The number of benzene rings is 2. The van der Waals surface area contributed by atoms with Crippen LogP contribution in [0.15, 0.2) is 47.4 Å². The third kappa shape index (κ3) is 2.96.